The van der Waals surface area contributed by atoms with Gasteiger partial charge in [-0.1, -0.05) is 27.2 Å². The minimum absolute atomic E-state index is 0.118. The van der Waals surface area contributed by atoms with E-state index in [1.807, 2.05) is 0 Å². The first-order chi connectivity index (χ1) is 8.50. The van der Waals surface area contributed by atoms with Crippen molar-refractivity contribution >= 4 is 5.95 Å². The van der Waals surface area contributed by atoms with E-state index in [-0.39, 0.29) is 12.0 Å². The molecule has 0 radical (unpaired) electrons. The molecule has 1 saturated carbocycles. The molecule has 2 N–H and O–H groups in total. The molecule has 0 spiro atoms. The molecule has 18 heavy (non-hydrogen) atoms. The fraction of sp³-hybridized carbons (Fsp3) is 0.846. The normalized spacial score (nSPS) is 24.4. The summed E-state index contributed by atoms with van der Waals surface area (Å²) in [5, 5.41) is 16.4. The Kier molecular flexibility index (Phi) is 3.90. The monoisotopic (exact) mass is 253 g/mol. The standard InChI is InChI=1S/C13H23N3O2/c1-13(2,3)11-15-12(16-18-11)14-10-6-4-5-9(10)7-8-17/h9-10,17H,4-8H2,1-3H3,(H,14,16). The first-order valence-corrected chi connectivity index (χ1v) is 6.72. The van der Waals surface area contributed by atoms with E-state index in [0.29, 0.717) is 23.8 Å². The van der Waals surface area contributed by atoms with Gasteiger partial charge in [0, 0.05) is 18.1 Å². The third kappa shape index (κ3) is 3.02. The zero-order valence-corrected chi connectivity index (χ0v) is 11.4. The topological polar surface area (TPSA) is 71.2 Å². The number of hydrogen-bond donors (Lipinski definition) is 2. The van der Waals surface area contributed by atoms with Gasteiger partial charge in [0.2, 0.25) is 5.89 Å². The summed E-state index contributed by atoms with van der Waals surface area (Å²) in [6, 6.07) is 0.363. The molecular formula is C13H23N3O2. The molecule has 1 aromatic rings. The summed E-state index contributed by atoms with van der Waals surface area (Å²) < 4.78 is 5.26. The van der Waals surface area contributed by atoms with Crippen LogP contribution >= 0.6 is 0 Å². The molecule has 1 heterocycles. The van der Waals surface area contributed by atoms with E-state index < -0.39 is 0 Å². The molecule has 2 rings (SSSR count). The molecule has 1 aromatic heterocycles. The summed E-state index contributed by atoms with van der Waals surface area (Å²) in [4.78, 5) is 4.39. The minimum Gasteiger partial charge on any atom is -0.396 e. The average Bonchev–Trinajstić information content (AvgIpc) is 2.89. The van der Waals surface area contributed by atoms with Gasteiger partial charge in [0.15, 0.2) is 0 Å². The number of hydrogen-bond acceptors (Lipinski definition) is 5. The van der Waals surface area contributed by atoms with Crippen LogP contribution in [0.15, 0.2) is 4.52 Å². The highest BCUT2D eigenvalue weighted by Gasteiger charge is 2.28. The first kappa shape index (κ1) is 13.3. The Morgan fingerprint density at radius 2 is 2.17 bits per heavy atom. The van der Waals surface area contributed by atoms with Crippen molar-refractivity contribution in [1.82, 2.24) is 10.1 Å². The van der Waals surface area contributed by atoms with Crippen molar-refractivity contribution in [2.45, 2.75) is 57.9 Å². The van der Waals surface area contributed by atoms with Crippen molar-refractivity contribution in [3.63, 3.8) is 0 Å². The number of anilines is 1. The molecule has 2 unspecified atom stereocenters. The van der Waals surface area contributed by atoms with Crippen molar-refractivity contribution in [2.24, 2.45) is 5.92 Å². The van der Waals surface area contributed by atoms with Crippen LogP contribution in [0.2, 0.25) is 0 Å². The SMILES string of the molecule is CC(C)(C)c1nc(NC2CCCC2CCO)no1. The van der Waals surface area contributed by atoms with Gasteiger partial charge in [0.1, 0.15) is 0 Å². The van der Waals surface area contributed by atoms with Crippen LogP contribution in [0, 0.1) is 5.92 Å². The van der Waals surface area contributed by atoms with Crippen molar-refractivity contribution in [1.29, 1.82) is 0 Å². The van der Waals surface area contributed by atoms with E-state index in [0.717, 1.165) is 12.8 Å². The van der Waals surface area contributed by atoms with Gasteiger partial charge in [-0.15, -0.1) is 0 Å². The fourth-order valence-electron chi connectivity index (χ4n) is 2.49. The lowest BCUT2D eigenvalue weighted by Gasteiger charge is -2.18. The number of aliphatic hydroxyl groups excluding tert-OH is 1. The van der Waals surface area contributed by atoms with Gasteiger partial charge >= 0.3 is 0 Å². The molecule has 102 valence electrons. The number of aromatic nitrogens is 2. The highest BCUT2D eigenvalue weighted by molar-refractivity contribution is 5.25. The van der Waals surface area contributed by atoms with E-state index in [1.54, 1.807) is 0 Å². The van der Waals surface area contributed by atoms with Gasteiger partial charge in [0.05, 0.1) is 0 Å². The van der Waals surface area contributed by atoms with Crippen molar-refractivity contribution < 1.29 is 9.63 Å². The number of rotatable bonds is 4. The van der Waals surface area contributed by atoms with E-state index in [1.165, 1.54) is 12.8 Å². The van der Waals surface area contributed by atoms with Crippen LogP contribution in [0.5, 0.6) is 0 Å². The Bertz CT molecular complexity index is 384. The van der Waals surface area contributed by atoms with Gasteiger partial charge in [-0.3, -0.25) is 0 Å². The molecule has 5 heteroatoms. The summed E-state index contributed by atoms with van der Waals surface area (Å²) in [5.74, 6) is 1.75. The third-order valence-corrected chi connectivity index (χ3v) is 3.54. The molecule has 1 aliphatic carbocycles. The Labute approximate surface area is 108 Å². The molecule has 0 aliphatic heterocycles. The lowest BCUT2D eigenvalue weighted by molar-refractivity contribution is 0.253. The third-order valence-electron chi connectivity index (χ3n) is 3.54. The van der Waals surface area contributed by atoms with E-state index in [9.17, 15) is 0 Å². The Morgan fingerprint density at radius 1 is 1.39 bits per heavy atom. The number of aliphatic hydroxyl groups is 1. The van der Waals surface area contributed by atoms with Crippen LogP contribution < -0.4 is 5.32 Å². The molecule has 0 amide bonds. The fourth-order valence-corrected chi connectivity index (χ4v) is 2.49. The quantitative estimate of drug-likeness (QED) is 0.861. The van der Waals surface area contributed by atoms with Crippen LogP contribution in [-0.4, -0.2) is 27.9 Å². The Hall–Kier alpha value is -1.10. The van der Waals surface area contributed by atoms with Crippen LogP contribution in [-0.2, 0) is 5.41 Å². The average molecular weight is 253 g/mol. The summed E-state index contributed by atoms with van der Waals surface area (Å²) in [6.07, 6.45) is 4.33. The summed E-state index contributed by atoms with van der Waals surface area (Å²) >= 11 is 0. The maximum Gasteiger partial charge on any atom is 0.263 e. The summed E-state index contributed by atoms with van der Waals surface area (Å²) in [7, 11) is 0. The molecule has 5 nitrogen and oxygen atoms in total. The highest BCUT2D eigenvalue weighted by atomic mass is 16.5. The minimum atomic E-state index is -0.118. The van der Waals surface area contributed by atoms with Gasteiger partial charge in [-0.25, -0.2) is 0 Å². The van der Waals surface area contributed by atoms with Crippen molar-refractivity contribution in [2.75, 3.05) is 11.9 Å². The zero-order chi connectivity index (χ0) is 13.2. The van der Waals surface area contributed by atoms with E-state index >= 15 is 0 Å². The number of nitrogens with zero attached hydrogens (tertiary/aromatic N) is 2. The smallest absolute Gasteiger partial charge is 0.263 e. The first-order valence-electron chi connectivity index (χ1n) is 6.72. The molecule has 2 atom stereocenters. The molecule has 1 aliphatic rings. The Morgan fingerprint density at radius 3 is 2.78 bits per heavy atom. The predicted octanol–water partition coefficient (Wildman–Crippen LogP) is 2.33. The second kappa shape index (κ2) is 5.26. The van der Waals surface area contributed by atoms with Gasteiger partial charge in [-0.2, -0.15) is 4.98 Å². The lowest BCUT2D eigenvalue weighted by atomic mass is 9.97. The van der Waals surface area contributed by atoms with Crippen LogP contribution in [0.25, 0.3) is 0 Å². The predicted molar refractivity (Wildman–Crippen MR) is 69.5 cm³/mol. The van der Waals surface area contributed by atoms with Gasteiger partial charge in [0.25, 0.3) is 5.95 Å². The van der Waals surface area contributed by atoms with Crippen molar-refractivity contribution in [3.05, 3.63) is 5.89 Å². The lowest BCUT2D eigenvalue weighted by Crippen LogP contribution is -2.25. The number of nitrogens with one attached hydrogen (secondary N) is 1. The molecule has 0 saturated heterocycles. The second-order valence-electron chi connectivity index (χ2n) is 6.13. The molecule has 0 aromatic carbocycles. The largest absolute Gasteiger partial charge is 0.396 e. The maximum atomic E-state index is 9.04. The zero-order valence-electron chi connectivity index (χ0n) is 11.4. The van der Waals surface area contributed by atoms with Crippen LogP contribution in [0.3, 0.4) is 0 Å². The summed E-state index contributed by atoms with van der Waals surface area (Å²) in [5.41, 5.74) is -0.118. The molecular weight excluding hydrogens is 230 g/mol. The van der Waals surface area contributed by atoms with E-state index in [2.05, 4.69) is 36.2 Å². The molecule has 0 bridgehead atoms. The van der Waals surface area contributed by atoms with Crippen LogP contribution in [0.4, 0.5) is 5.95 Å². The second-order valence-corrected chi connectivity index (χ2v) is 6.13. The summed E-state index contributed by atoms with van der Waals surface area (Å²) in [6.45, 7) is 6.40. The van der Waals surface area contributed by atoms with Crippen LogP contribution in [0.1, 0.15) is 52.3 Å². The van der Waals surface area contributed by atoms with Gasteiger partial charge in [-0.05, 0) is 30.3 Å². The van der Waals surface area contributed by atoms with Gasteiger partial charge < -0.3 is 14.9 Å². The highest BCUT2D eigenvalue weighted by Crippen LogP contribution is 2.30. The van der Waals surface area contributed by atoms with E-state index in [4.69, 9.17) is 9.63 Å². The molecule has 1 fully saturated rings. The van der Waals surface area contributed by atoms with Crippen molar-refractivity contribution in [3.8, 4) is 0 Å². The Balaban J connectivity index is 1.99. The maximum absolute atomic E-state index is 9.04.